The molecule has 3 nitrogen and oxygen atoms in total. The van der Waals surface area contributed by atoms with E-state index in [4.69, 9.17) is 0 Å². The lowest BCUT2D eigenvalue weighted by Crippen LogP contribution is -2.42. The minimum absolute atomic E-state index is 0.112. The van der Waals surface area contributed by atoms with E-state index in [2.05, 4.69) is 47.6 Å². The van der Waals surface area contributed by atoms with Crippen LogP contribution in [0.1, 0.15) is 54.8 Å². The van der Waals surface area contributed by atoms with Crippen LogP contribution in [0.2, 0.25) is 0 Å². The van der Waals surface area contributed by atoms with Gasteiger partial charge in [-0.15, -0.1) is 11.3 Å². The van der Waals surface area contributed by atoms with Gasteiger partial charge in [-0.3, -0.25) is 9.69 Å². The molecular formula is C20H26N2OS. The second-order valence-corrected chi connectivity index (χ2v) is 7.52. The second kappa shape index (κ2) is 7.95. The van der Waals surface area contributed by atoms with Gasteiger partial charge in [0.25, 0.3) is 0 Å². The van der Waals surface area contributed by atoms with Crippen LogP contribution in [0.15, 0.2) is 41.8 Å². The van der Waals surface area contributed by atoms with Crippen LogP contribution in [-0.4, -0.2) is 23.9 Å². The van der Waals surface area contributed by atoms with Crippen LogP contribution < -0.4 is 5.32 Å². The van der Waals surface area contributed by atoms with Gasteiger partial charge in [0.2, 0.25) is 5.91 Å². The summed E-state index contributed by atoms with van der Waals surface area (Å²) in [7, 11) is 0. The van der Waals surface area contributed by atoms with E-state index in [1.54, 1.807) is 0 Å². The van der Waals surface area contributed by atoms with Crippen molar-refractivity contribution in [3.8, 4) is 0 Å². The maximum Gasteiger partial charge on any atom is 0.234 e. The van der Waals surface area contributed by atoms with Crippen molar-refractivity contribution in [3.63, 3.8) is 0 Å². The summed E-state index contributed by atoms with van der Waals surface area (Å²) >= 11 is 1.84. The number of hydrogen-bond donors (Lipinski definition) is 1. The third-order valence-electron chi connectivity index (χ3n) is 4.86. The highest BCUT2D eigenvalue weighted by Crippen LogP contribution is 2.32. The molecule has 1 aromatic carbocycles. The zero-order valence-electron chi connectivity index (χ0n) is 14.5. The van der Waals surface area contributed by atoms with Crippen molar-refractivity contribution in [2.24, 2.45) is 0 Å². The van der Waals surface area contributed by atoms with Crippen molar-refractivity contribution in [2.45, 2.75) is 45.2 Å². The van der Waals surface area contributed by atoms with Gasteiger partial charge in [-0.05, 0) is 42.3 Å². The SMILES string of the molecule is CCC[C@@H](NC(=O)CN1CCc2sccc2[C@@H]1C)c1ccccc1. The molecule has 0 saturated carbocycles. The van der Waals surface area contributed by atoms with E-state index in [0.29, 0.717) is 12.6 Å². The monoisotopic (exact) mass is 342 g/mol. The number of carbonyl (C=O) groups is 1. The molecule has 0 aliphatic carbocycles. The number of amides is 1. The van der Waals surface area contributed by atoms with Crippen LogP contribution in [0.4, 0.5) is 0 Å². The third-order valence-corrected chi connectivity index (χ3v) is 5.86. The van der Waals surface area contributed by atoms with Gasteiger partial charge in [0.05, 0.1) is 12.6 Å². The Morgan fingerprint density at radius 2 is 2.12 bits per heavy atom. The summed E-state index contributed by atoms with van der Waals surface area (Å²) in [6.07, 6.45) is 3.08. The number of nitrogens with one attached hydrogen (secondary N) is 1. The zero-order chi connectivity index (χ0) is 16.9. The molecule has 2 aromatic rings. The van der Waals surface area contributed by atoms with Crippen molar-refractivity contribution in [3.05, 3.63) is 57.8 Å². The fraction of sp³-hybridized carbons (Fsp3) is 0.450. The third kappa shape index (κ3) is 3.87. The average molecular weight is 343 g/mol. The number of carbonyl (C=O) groups excluding carboxylic acids is 1. The molecule has 0 unspecified atom stereocenters. The predicted molar refractivity (Wildman–Crippen MR) is 100 cm³/mol. The first kappa shape index (κ1) is 17.2. The molecule has 1 N–H and O–H groups in total. The summed E-state index contributed by atoms with van der Waals surface area (Å²) in [5.41, 5.74) is 2.59. The molecule has 0 fully saturated rings. The van der Waals surface area contributed by atoms with Crippen LogP contribution >= 0.6 is 11.3 Å². The average Bonchev–Trinajstić information content (AvgIpc) is 3.07. The Morgan fingerprint density at radius 1 is 1.33 bits per heavy atom. The maximum absolute atomic E-state index is 12.6. The summed E-state index contributed by atoms with van der Waals surface area (Å²) in [6.45, 7) is 5.81. The van der Waals surface area contributed by atoms with Gasteiger partial charge in [-0.25, -0.2) is 0 Å². The first-order chi connectivity index (χ1) is 11.7. The van der Waals surface area contributed by atoms with Gasteiger partial charge in [0.1, 0.15) is 0 Å². The summed E-state index contributed by atoms with van der Waals surface area (Å²) in [5, 5.41) is 5.41. The number of rotatable bonds is 6. The number of thiophene rings is 1. The Labute approximate surface area is 148 Å². The number of hydrogen-bond acceptors (Lipinski definition) is 3. The maximum atomic E-state index is 12.6. The van der Waals surface area contributed by atoms with Crippen LogP contribution in [0.3, 0.4) is 0 Å². The number of benzene rings is 1. The summed E-state index contributed by atoms with van der Waals surface area (Å²) in [6, 6.07) is 12.9. The molecule has 24 heavy (non-hydrogen) atoms. The quantitative estimate of drug-likeness (QED) is 0.848. The minimum Gasteiger partial charge on any atom is -0.348 e. The highest BCUT2D eigenvalue weighted by Gasteiger charge is 2.26. The van der Waals surface area contributed by atoms with Gasteiger partial charge >= 0.3 is 0 Å². The van der Waals surface area contributed by atoms with E-state index in [-0.39, 0.29) is 11.9 Å². The molecule has 0 radical (unpaired) electrons. The van der Waals surface area contributed by atoms with Crippen LogP contribution in [0.25, 0.3) is 0 Å². The highest BCUT2D eigenvalue weighted by molar-refractivity contribution is 7.10. The minimum atomic E-state index is 0.112. The van der Waals surface area contributed by atoms with Crippen molar-refractivity contribution < 1.29 is 4.79 Å². The highest BCUT2D eigenvalue weighted by atomic mass is 32.1. The standard InChI is InChI=1S/C20H26N2OS/c1-3-7-18(16-8-5-4-6-9-16)21-20(23)14-22-12-10-19-17(15(22)2)11-13-24-19/h4-6,8-9,11,13,15,18H,3,7,10,12,14H2,1-2H3,(H,21,23)/t15-,18+/m0/s1. The number of fused-ring (bicyclic) bond motifs is 1. The normalized spacial score (nSPS) is 18.8. The van der Waals surface area contributed by atoms with Crippen molar-refractivity contribution >= 4 is 17.2 Å². The van der Waals surface area contributed by atoms with Gasteiger partial charge in [-0.1, -0.05) is 43.7 Å². The van der Waals surface area contributed by atoms with Gasteiger partial charge in [0.15, 0.2) is 0 Å². The molecule has 0 spiro atoms. The smallest absolute Gasteiger partial charge is 0.234 e. The lowest BCUT2D eigenvalue weighted by Gasteiger charge is -2.33. The van der Waals surface area contributed by atoms with E-state index in [9.17, 15) is 4.79 Å². The lowest BCUT2D eigenvalue weighted by molar-refractivity contribution is -0.123. The molecule has 4 heteroatoms. The Morgan fingerprint density at radius 3 is 2.88 bits per heavy atom. The topological polar surface area (TPSA) is 32.3 Å². The first-order valence-electron chi connectivity index (χ1n) is 8.83. The van der Waals surface area contributed by atoms with E-state index in [0.717, 1.165) is 25.8 Å². The summed E-state index contributed by atoms with van der Waals surface area (Å²) in [5.74, 6) is 0.128. The molecule has 128 valence electrons. The fourth-order valence-corrected chi connectivity index (χ4v) is 4.46. The molecule has 1 aromatic heterocycles. The first-order valence-corrected chi connectivity index (χ1v) is 9.71. The van der Waals surface area contributed by atoms with E-state index >= 15 is 0 Å². The molecule has 1 aliphatic heterocycles. The largest absolute Gasteiger partial charge is 0.348 e. The Balaban J connectivity index is 1.62. The van der Waals surface area contributed by atoms with Crippen LogP contribution in [-0.2, 0) is 11.2 Å². The predicted octanol–water partition coefficient (Wildman–Crippen LogP) is 4.32. The van der Waals surface area contributed by atoms with Gasteiger partial charge in [-0.2, -0.15) is 0 Å². The van der Waals surface area contributed by atoms with Crippen molar-refractivity contribution in [1.29, 1.82) is 0 Å². The molecule has 2 atom stereocenters. The second-order valence-electron chi connectivity index (χ2n) is 6.52. The van der Waals surface area contributed by atoms with Gasteiger partial charge in [0, 0.05) is 17.5 Å². The number of nitrogens with zero attached hydrogens (tertiary/aromatic N) is 1. The summed E-state index contributed by atoms with van der Waals surface area (Å²) < 4.78 is 0. The molecule has 0 bridgehead atoms. The molecule has 3 rings (SSSR count). The van der Waals surface area contributed by atoms with Crippen molar-refractivity contribution in [1.82, 2.24) is 10.2 Å². The van der Waals surface area contributed by atoms with Crippen LogP contribution in [0, 0.1) is 0 Å². The van der Waals surface area contributed by atoms with Crippen LogP contribution in [0.5, 0.6) is 0 Å². The lowest BCUT2D eigenvalue weighted by atomic mass is 10.0. The zero-order valence-corrected chi connectivity index (χ0v) is 15.3. The molecular weight excluding hydrogens is 316 g/mol. The molecule has 1 amide bonds. The Bertz CT molecular complexity index is 667. The van der Waals surface area contributed by atoms with E-state index in [1.807, 2.05) is 29.5 Å². The summed E-state index contributed by atoms with van der Waals surface area (Å²) in [4.78, 5) is 16.4. The van der Waals surface area contributed by atoms with Gasteiger partial charge < -0.3 is 5.32 Å². The van der Waals surface area contributed by atoms with E-state index in [1.165, 1.54) is 16.0 Å². The molecule has 0 saturated heterocycles. The molecule has 2 heterocycles. The Hall–Kier alpha value is -1.65. The molecule has 1 aliphatic rings. The Kier molecular flexibility index (Phi) is 5.69. The fourth-order valence-electron chi connectivity index (χ4n) is 3.50. The van der Waals surface area contributed by atoms with Crippen molar-refractivity contribution in [2.75, 3.05) is 13.1 Å². The van der Waals surface area contributed by atoms with E-state index < -0.39 is 0 Å².